The van der Waals surface area contributed by atoms with Gasteiger partial charge in [-0.1, -0.05) is 46.3 Å². The van der Waals surface area contributed by atoms with E-state index in [-0.39, 0.29) is 10.6 Å². The average molecular weight is 452 g/mol. The van der Waals surface area contributed by atoms with Crippen LogP contribution in [0.5, 0.6) is 0 Å². The van der Waals surface area contributed by atoms with E-state index in [9.17, 15) is 10.1 Å². The maximum atomic E-state index is 12.4. The Bertz CT molecular complexity index is 1100. The third kappa shape index (κ3) is 3.33. The molecule has 1 atom stereocenters. The number of rotatable bonds is 3. The van der Waals surface area contributed by atoms with Crippen LogP contribution in [0.4, 0.5) is 5.69 Å². The Labute approximate surface area is 175 Å². The third-order valence-corrected chi connectivity index (χ3v) is 5.34. The predicted octanol–water partition coefficient (Wildman–Crippen LogP) is 5.01. The first-order valence-electron chi connectivity index (χ1n) is 8.42. The van der Waals surface area contributed by atoms with E-state index in [2.05, 4.69) is 33.9 Å². The number of carbonyl (C=O) groups excluding carboxylic acids is 1. The standard InChI is InChI=1S/C21H14BrN3O2S/c22-14-8-6-13(7-9-14)17-10-11-18(27-17)19-24-20(26)16(12-23)21(28)25(19)15-4-2-1-3-5-15/h1-11,19,28H,(H,24,26). The average Bonchev–Trinajstić information content (AvgIpc) is 3.19. The predicted molar refractivity (Wildman–Crippen MR) is 113 cm³/mol. The van der Waals surface area contributed by atoms with Crippen molar-refractivity contribution in [3.63, 3.8) is 0 Å². The van der Waals surface area contributed by atoms with Crippen LogP contribution in [-0.4, -0.2) is 5.91 Å². The summed E-state index contributed by atoms with van der Waals surface area (Å²) in [4.78, 5) is 14.2. The van der Waals surface area contributed by atoms with Crippen molar-refractivity contribution in [1.82, 2.24) is 5.32 Å². The first-order chi connectivity index (χ1) is 13.6. The molecule has 7 heteroatoms. The maximum absolute atomic E-state index is 12.4. The molecule has 1 unspecified atom stereocenters. The Morgan fingerprint density at radius 1 is 1.07 bits per heavy atom. The second-order valence-electron chi connectivity index (χ2n) is 6.10. The van der Waals surface area contributed by atoms with Gasteiger partial charge in [-0.15, -0.1) is 12.6 Å². The molecule has 1 aliphatic rings. The van der Waals surface area contributed by atoms with E-state index in [4.69, 9.17) is 4.42 Å². The van der Waals surface area contributed by atoms with Crippen molar-refractivity contribution in [3.05, 3.63) is 87.6 Å². The molecule has 0 bridgehead atoms. The molecule has 0 spiro atoms. The maximum Gasteiger partial charge on any atom is 0.266 e. The van der Waals surface area contributed by atoms with E-state index in [0.29, 0.717) is 11.5 Å². The fourth-order valence-electron chi connectivity index (χ4n) is 3.03. The molecule has 0 saturated carbocycles. The van der Waals surface area contributed by atoms with Gasteiger partial charge in [-0.05, 0) is 36.4 Å². The van der Waals surface area contributed by atoms with E-state index in [1.807, 2.05) is 72.8 Å². The molecule has 1 aromatic heterocycles. The summed E-state index contributed by atoms with van der Waals surface area (Å²) in [5.74, 6) is 0.741. The van der Waals surface area contributed by atoms with Gasteiger partial charge in [0.2, 0.25) is 0 Å². The number of para-hydroxylation sites is 1. The lowest BCUT2D eigenvalue weighted by molar-refractivity contribution is -0.118. The quantitative estimate of drug-likeness (QED) is 0.549. The summed E-state index contributed by atoms with van der Waals surface area (Å²) in [6.07, 6.45) is -0.622. The topological polar surface area (TPSA) is 69.3 Å². The van der Waals surface area contributed by atoms with Crippen molar-refractivity contribution in [3.8, 4) is 17.4 Å². The molecular formula is C21H14BrN3O2S. The van der Waals surface area contributed by atoms with Gasteiger partial charge in [-0.3, -0.25) is 4.79 Å². The van der Waals surface area contributed by atoms with Crippen LogP contribution in [0.25, 0.3) is 11.3 Å². The largest absolute Gasteiger partial charge is 0.457 e. The highest BCUT2D eigenvalue weighted by molar-refractivity contribution is 9.10. The molecular weight excluding hydrogens is 438 g/mol. The molecule has 1 N–H and O–H groups in total. The lowest BCUT2D eigenvalue weighted by atomic mass is 10.1. The second kappa shape index (κ2) is 7.58. The third-order valence-electron chi connectivity index (χ3n) is 4.38. The van der Waals surface area contributed by atoms with Gasteiger partial charge in [0.25, 0.3) is 5.91 Å². The lowest BCUT2D eigenvalue weighted by Crippen LogP contribution is -2.45. The molecule has 0 aliphatic carbocycles. The lowest BCUT2D eigenvalue weighted by Gasteiger charge is -2.36. The number of halogens is 1. The Kier molecular flexibility index (Phi) is 4.99. The van der Waals surface area contributed by atoms with Crippen LogP contribution in [0.15, 0.2) is 86.2 Å². The summed E-state index contributed by atoms with van der Waals surface area (Å²) < 4.78 is 7.03. The smallest absolute Gasteiger partial charge is 0.266 e. The van der Waals surface area contributed by atoms with Crippen molar-refractivity contribution in [2.45, 2.75) is 6.17 Å². The van der Waals surface area contributed by atoms with Gasteiger partial charge in [-0.2, -0.15) is 5.26 Å². The van der Waals surface area contributed by atoms with Gasteiger partial charge in [0.15, 0.2) is 6.17 Å². The Morgan fingerprint density at radius 2 is 1.79 bits per heavy atom. The molecule has 138 valence electrons. The molecule has 1 aliphatic heterocycles. The Balaban J connectivity index is 1.77. The number of amides is 1. The van der Waals surface area contributed by atoms with E-state index in [0.717, 1.165) is 15.7 Å². The summed E-state index contributed by atoms with van der Waals surface area (Å²) in [6.45, 7) is 0. The molecule has 3 aromatic rings. The number of carbonyl (C=O) groups is 1. The number of thiol groups is 1. The number of benzene rings is 2. The van der Waals surface area contributed by atoms with Crippen LogP contribution in [0, 0.1) is 11.3 Å². The zero-order chi connectivity index (χ0) is 19.7. The minimum absolute atomic E-state index is 0.0388. The van der Waals surface area contributed by atoms with Crippen molar-refractivity contribution in [1.29, 1.82) is 5.26 Å². The SMILES string of the molecule is N#CC1=C(S)N(c2ccccc2)C(c2ccc(-c3ccc(Br)cc3)o2)NC1=O. The van der Waals surface area contributed by atoms with Crippen LogP contribution in [0.1, 0.15) is 11.9 Å². The number of furan rings is 1. The zero-order valence-electron chi connectivity index (χ0n) is 14.5. The molecule has 4 rings (SSSR count). The van der Waals surface area contributed by atoms with Gasteiger partial charge in [-0.25, -0.2) is 0 Å². The van der Waals surface area contributed by atoms with Gasteiger partial charge in [0.05, 0.1) is 5.03 Å². The minimum atomic E-state index is -0.622. The number of hydrogen-bond acceptors (Lipinski definition) is 5. The van der Waals surface area contributed by atoms with Crippen LogP contribution >= 0.6 is 28.6 Å². The molecule has 0 radical (unpaired) electrons. The normalized spacial score (nSPS) is 16.7. The summed E-state index contributed by atoms with van der Waals surface area (Å²) >= 11 is 7.90. The molecule has 0 fully saturated rings. The minimum Gasteiger partial charge on any atom is -0.457 e. The van der Waals surface area contributed by atoms with Crippen LogP contribution in [0.3, 0.4) is 0 Å². The highest BCUT2D eigenvalue weighted by Crippen LogP contribution is 2.37. The number of nitrogens with zero attached hydrogens (tertiary/aromatic N) is 2. The molecule has 2 heterocycles. The van der Waals surface area contributed by atoms with Crippen molar-refractivity contribution in [2.75, 3.05) is 4.90 Å². The van der Waals surface area contributed by atoms with Crippen molar-refractivity contribution >= 4 is 40.2 Å². The summed E-state index contributed by atoms with van der Waals surface area (Å²) in [5.41, 5.74) is 1.66. The molecule has 28 heavy (non-hydrogen) atoms. The van der Waals surface area contributed by atoms with E-state index in [1.165, 1.54) is 0 Å². The summed E-state index contributed by atoms with van der Waals surface area (Å²) in [5, 5.41) is 12.5. The number of anilines is 1. The number of nitriles is 1. The monoisotopic (exact) mass is 451 g/mol. The van der Waals surface area contributed by atoms with Crippen LogP contribution in [-0.2, 0) is 4.79 Å². The van der Waals surface area contributed by atoms with E-state index < -0.39 is 12.1 Å². The highest BCUT2D eigenvalue weighted by atomic mass is 79.9. The van der Waals surface area contributed by atoms with Crippen molar-refractivity contribution < 1.29 is 9.21 Å². The van der Waals surface area contributed by atoms with Gasteiger partial charge in [0, 0.05) is 15.7 Å². The van der Waals surface area contributed by atoms with E-state index in [1.54, 1.807) is 4.90 Å². The molecule has 5 nitrogen and oxygen atoms in total. The number of hydrogen-bond donors (Lipinski definition) is 2. The van der Waals surface area contributed by atoms with Crippen molar-refractivity contribution in [2.24, 2.45) is 0 Å². The second-order valence-corrected chi connectivity index (χ2v) is 7.44. The molecule has 0 saturated heterocycles. The first-order valence-corrected chi connectivity index (χ1v) is 9.66. The van der Waals surface area contributed by atoms with E-state index >= 15 is 0 Å². The van der Waals surface area contributed by atoms with Gasteiger partial charge in [0.1, 0.15) is 23.2 Å². The van der Waals surface area contributed by atoms with Crippen LogP contribution < -0.4 is 10.2 Å². The summed E-state index contributed by atoms with van der Waals surface area (Å²) in [6, 6.07) is 22.8. The van der Waals surface area contributed by atoms with Crippen LogP contribution in [0.2, 0.25) is 0 Å². The molecule has 2 aromatic carbocycles. The summed E-state index contributed by atoms with van der Waals surface area (Å²) in [7, 11) is 0. The van der Waals surface area contributed by atoms with Gasteiger partial charge >= 0.3 is 0 Å². The Morgan fingerprint density at radius 3 is 2.46 bits per heavy atom. The molecule has 1 amide bonds. The highest BCUT2D eigenvalue weighted by Gasteiger charge is 2.35. The van der Waals surface area contributed by atoms with Gasteiger partial charge < -0.3 is 14.6 Å². The fourth-order valence-corrected chi connectivity index (χ4v) is 3.68. The first kappa shape index (κ1) is 18.4. The fraction of sp³-hybridized carbons (Fsp3) is 0.0476. The number of nitrogens with one attached hydrogen (secondary N) is 1. The zero-order valence-corrected chi connectivity index (χ0v) is 16.9. The Hall–Kier alpha value is -2.95.